The minimum atomic E-state index is 0.557. The zero-order valence-corrected chi connectivity index (χ0v) is 7.61. The topological polar surface area (TPSA) is 24.9 Å². The largest absolute Gasteiger partial charge is 0.311 e. The number of hydrogen-bond donors (Lipinski definition) is 1. The number of rotatable bonds is 2. The van der Waals surface area contributed by atoms with Gasteiger partial charge in [-0.1, -0.05) is 12.1 Å². The fraction of sp³-hybridized carbons (Fsp3) is 0.364. The van der Waals surface area contributed by atoms with E-state index >= 15 is 0 Å². The first kappa shape index (κ1) is 8.45. The van der Waals surface area contributed by atoms with Crippen LogP contribution in [0.15, 0.2) is 30.5 Å². The molecule has 68 valence electrons. The minimum Gasteiger partial charge on any atom is -0.311 e. The molecule has 1 aliphatic heterocycles. The molecule has 1 fully saturated rings. The molecule has 0 aliphatic carbocycles. The molecule has 0 amide bonds. The molecule has 1 saturated heterocycles. The smallest absolute Gasteiger partial charge is 0.0627 e. The summed E-state index contributed by atoms with van der Waals surface area (Å²) in [6, 6.07) is 6.52. The first-order valence-corrected chi connectivity index (χ1v) is 4.78. The van der Waals surface area contributed by atoms with E-state index in [1.807, 2.05) is 24.4 Å². The Labute approximate surface area is 78.7 Å². The van der Waals surface area contributed by atoms with Gasteiger partial charge in [0.2, 0.25) is 0 Å². The molecule has 1 unspecified atom stereocenters. The van der Waals surface area contributed by atoms with Crippen molar-refractivity contribution in [2.45, 2.75) is 18.9 Å². The molecule has 0 radical (unpaired) electrons. The van der Waals surface area contributed by atoms with Gasteiger partial charge in [-0.05, 0) is 37.6 Å². The Hall–Kier alpha value is -1.15. The molecule has 1 atom stereocenters. The van der Waals surface area contributed by atoms with Crippen molar-refractivity contribution in [1.29, 1.82) is 0 Å². The molecule has 1 aromatic rings. The second-order valence-corrected chi connectivity index (χ2v) is 3.32. The highest BCUT2D eigenvalue weighted by atomic mass is 14.9. The summed E-state index contributed by atoms with van der Waals surface area (Å²) < 4.78 is 0. The molecule has 0 bridgehead atoms. The lowest BCUT2D eigenvalue weighted by Gasteiger charge is -2.01. The van der Waals surface area contributed by atoms with E-state index in [4.69, 9.17) is 0 Å². The lowest BCUT2D eigenvalue weighted by molar-refractivity contribution is 0.730. The number of nitrogens with zero attached hydrogens (tertiary/aromatic N) is 1. The van der Waals surface area contributed by atoms with Crippen LogP contribution in [0.1, 0.15) is 18.5 Å². The van der Waals surface area contributed by atoms with Gasteiger partial charge in [0.15, 0.2) is 0 Å². The number of nitrogens with one attached hydrogen (secondary N) is 1. The molecule has 0 spiro atoms. The Morgan fingerprint density at radius 3 is 3.15 bits per heavy atom. The molecule has 1 aromatic heterocycles. The van der Waals surface area contributed by atoms with Gasteiger partial charge in [0.05, 0.1) is 5.69 Å². The van der Waals surface area contributed by atoms with E-state index in [0.29, 0.717) is 6.04 Å². The van der Waals surface area contributed by atoms with Crippen molar-refractivity contribution >= 4 is 6.08 Å². The van der Waals surface area contributed by atoms with E-state index in [0.717, 1.165) is 12.2 Å². The van der Waals surface area contributed by atoms with Gasteiger partial charge in [0.25, 0.3) is 0 Å². The quantitative estimate of drug-likeness (QED) is 0.740. The van der Waals surface area contributed by atoms with Crippen LogP contribution >= 0.6 is 0 Å². The van der Waals surface area contributed by atoms with Crippen LogP contribution in [0.5, 0.6) is 0 Å². The third-order valence-corrected chi connectivity index (χ3v) is 2.29. The summed E-state index contributed by atoms with van der Waals surface area (Å²) in [7, 11) is 0. The van der Waals surface area contributed by atoms with Gasteiger partial charge in [-0.2, -0.15) is 0 Å². The van der Waals surface area contributed by atoms with Crippen LogP contribution in [0.3, 0.4) is 0 Å². The van der Waals surface area contributed by atoms with Crippen molar-refractivity contribution < 1.29 is 0 Å². The average molecular weight is 174 g/mol. The second-order valence-electron chi connectivity index (χ2n) is 3.32. The van der Waals surface area contributed by atoms with Crippen LogP contribution in [-0.4, -0.2) is 17.6 Å². The Morgan fingerprint density at radius 2 is 2.46 bits per heavy atom. The molecule has 2 heteroatoms. The lowest BCUT2D eigenvalue weighted by atomic mass is 10.2. The van der Waals surface area contributed by atoms with Gasteiger partial charge in [0, 0.05) is 12.2 Å². The SMILES string of the molecule is C(=C\C1CCCN1)/c1ccccn1. The van der Waals surface area contributed by atoms with Gasteiger partial charge < -0.3 is 5.32 Å². The molecular formula is C11H14N2. The average Bonchev–Trinajstić information content (AvgIpc) is 2.69. The van der Waals surface area contributed by atoms with E-state index in [1.54, 1.807) is 0 Å². The molecule has 0 aromatic carbocycles. The number of pyridine rings is 1. The highest BCUT2D eigenvalue weighted by Crippen LogP contribution is 2.07. The third-order valence-electron chi connectivity index (χ3n) is 2.29. The normalized spacial score (nSPS) is 22.6. The highest BCUT2D eigenvalue weighted by Gasteiger charge is 2.09. The Balaban J connectivity index is 1.97. The maximum absolute atomic E-state index is 4.23. The van der Waals surface area contributed by atoms with Crippen LogP contribution in [0, 0.1) is 0 Å². The van der Waals surface area contributed by atoms with E-state index < -0.39 is 0 Å². The van der Waals surface area contributed by atoms with E-state index in [9.17, 15) is 0 Å². The predicted octanol–water partition coefficient (Wildman–Crippen LogP) is 1.85. The first-order chi connectivity index (χ1) is 6.45. The summed E-state index contributed by atoms with van der Waals surface area (Å²) in [6.07, 6.45) is 8.65. The molecule has 1 N–H and O–H groups in total. The summed E-state index contributed by atoms with van der Waals surface area (Å²) in [6.45, 7) is 1.15. The lowest BCUT2D eigenvalue weighted by Crippen LogP contribution is -2.17. The van der Waals surface area contributed by atoms with Gasteiger partial charge in [0.1, 0.15) is 0 Å². The fourth-order valence-electron chi connectivity index (χ4n) is 1.57. The summed E-state index contributed by atoms with van der Waals surface area (Å²) in [5.74, 6) is 0. The number of aromatic nitrogens is 1. The van der Waals surface area contributed by atoms with Crippen molar-refractivity contribution in [3.63, 3.8) is 0 Å². The molecular weight excluding hydrogens is 160 g/mol. The molecule has 2 nitrogen and oxygen atoms in total. The zero-order chi connectivity index (χ0) is 8.93. The van der Waals surface area contributed by atoms with Gasteiger partial charge in [-0.25, -0.2) is 0 Å². The summed E-state index contributed by atoms with van der Waals surface area (Å²) >= 11 is 0. The molecule has 2 heterocycles. The molecule has 2 rings (SSSR count). The standard InChI is InChI=1S/C11H14N2/c1-2-8-12-10(4-1)6-7-11-5-3-9-13-11/h1-2,4,6-8,11,13H,3,5,9H2/b7-6+. The summed E-state index contributed by atoms with van der Waals surface area (Å²) in [5.41, 5.74) is 1.04. The van der Waals surface area contributed by atoms with Crippen LogP contribution in [-0.2, 0) is 0 Å². The van der Waals surface area contributed by atoms with Crippen LogP contribution in [0.25, 0.3) is 6.08 Å². The third kappa shape index (κ3) is 2.39. The van der Waals surface area contributed by atoms with Crippen molar-refractivity contribution in [2.75, 3.05) is 6.54 Å². The first-order valence-electron chi connectivity index (χ1n) is 4.78. The van der Waals surface area contributed by atoms with Gasteiger partial charge in [-0.15, -0.1) is 0 Å². The number of hydrogen-bond acceptors (Lipinski definition) is 2. The second kappa shape index (κ2) is 4.19. The molecule has 1 aliphatic rings. The fourth-order valence-corrected chi connectivity index (χ4v) is 1.57. The molecule has 0 saturated carbocycles. The van der Waals surface area contributed by atoms with Crippen molar-refractivity contribution in [3.8, 4) is 0 Å². The van der Waals surface area contributed by atoms with E-state index in [-0.39, 0.29) is 0 Å². The van der Waals surface area contributed by atoms with Gasteiger partial charge >= 0.3 is 0 Å². The van der Waals surface area contributed by atoms with Crippen LogP contribution in [0.2, 0.25) is 0 Å². The van der Waals surface area contributed by atoms with Crippen LogP contribution in [0.4, 0.5) is 0 Å². The highest BCUT2D eigenvalue weighted by molar-refractivity contribution is 5.44. The Kier molecular flexibility index (Phi) is 2.72. The minimum absolute atomic E-state index is 0.557. The van der Waals surface area contributed by atoms with Crippen molar-refractivity contribution in [1.82, 2.24) is 10.3 Å². The maximum atomic E-state index is 4.23. The maximum Gasteiger partial charge on any atom is 0.0627 e. The Morgan fingerprint density at radius 1 is 1.46 bits per heavy atom. The van der Waals surface area contributed by atoms with Crippen molar-refractivity contribution in [2.24, 2.45) is 0 Å². The van der Waals surface area contributed by atoms with Crippen molar-refractivity contribution in [3.05, 3.63) is 36.2 Å². The van der Waals surface area contributed by atoms with Gasteiger partial charge in [-0.3, -0.25) is 4.98 Å². The monoisotopic (exact) mass is 174 g/mol. The van der Waals surface area contributed by atoms with E-state index in [2.05, 4.69) is 22.5 Å². The molecule has 13 heavy (non-hydrogen) atoms. The Bertz CT molecular complexity index is 273. The van der Waals surface area contributed by atoms with E-state index in [1.165, 1.54) is 12.8 Å². The summed E-state index contributed by atoms with van der Waals surface area (Å²) in [5, 5.41) is 3.41. The summed E-state index contributed by atoms with van der Waals surface area (Å²) in [4.78, 5) is 4.23. The van der Waals surface area contributed by atoms with Crippen LogP contribution < -0.4 is 5.32 Å². The predicted molar refractivity (Wildman–Crippen MR) is 54.3 cm³/mol. The zero-order valence-electron chi connectivity index (χ0n) is 7.61.